The molecule has 0 bridgehead atoms. The zero-order valence-corrected chi connectivity index (χ0v) is 21.7. The van der Waals surface area contributed by atoms with Gasteiger partial charge in [-0.25, -0.2) is 14.3 Å². The summed E-state index contributed by atoms with van der Waals surface area (Å²) in [6.45, 7) is 1.95. The quantitative estimate of drug-likeness (QED) is 0.148. The Bertz CT molecular complexity index is 1480. The van der Waals surface area contributed by atoms with Crippen molar-refractivity contribution in [1.29, 1.82) is 0 Å². The number of carbonyl (C=O) groups excluding carboxylic acids is 2. The van der Waals surface area contributed by atoms with Crippen LogP contribution in [0.5, 0.6) is 0 Å². The van der Waals surface area contributed by atoms with E-state index >= 15 is 0 Å². The number of fused-ring (bicyclic) bond motifs is 1. The van der Waals surface area contributed by atoms with E-state index in [1.165, 1.54) is 23.8 Å². The number of pyridine rings is 1. The maximum atomic E-state index is 13.0. The topological polar surface area (TPSA) is 190 Å². The largest absolute Gasteiger partial charge is 0.477 e. The number of anilines is 1. The summed E-state index contributed by atoms with van der Waals surface area (Å²) in [5, 5.41) is 25.3. The summed E-state index contributed by atoms with van der Waals surface area (Å²) in [7, 11) is 1.28. The normalized spacial score (nSPS) is 19.2. The fourth-order valence-corrected chi connectivity index (χ4v) is 5.93. The molecule has 3 aromatic rings. The predicted molar refractivity (Wildman–Crippen MR) is 134 cm³/mol. The van der Waals surface area contributed by atoms with Crippen molar-refractivity contribution in [3.63, 3.8) is 0 Å². The zero-order chi connectivity index (χ0) is 27.0. The van der Waals surface area contributed by atoms with Crippen molar-refractivity contribution in [3.05, 3.63) is 52.8 Å². The zero-order valence-electron chi connectivity index (χ0n) is 20.0. The number of thiazole rings is 1. The molecule has 38 heavy (non-hydrogen) atoms. The van der Waals surface area contributed by atoms with Crippen LogP contribution in [0.4, 0.5) is 5.13 Å². The van der Waals surface area contributed by atoms with Crippen LogP contribution in [0.2, 0.25) is 0 Å². The summed E-state index contributed by atoms with van der Waals surface area (Å²) >= 11 is 2.49. The van der Waals surface area contributed by atoms with Gasteiger partial charge in [-0.05, 0) is 0 Å². The standard InChI is InChI=1S/C22H20N8O6S2/c1-10-26-27-18(36-10)11-3-5-29(6-4-11)7-12-8-37-20-15(19(32)30(20)16(12)21(33)34)25-17(31)14(28-35-2)13-9-38-22(23)24-13/h3-6,9,15,20H,7-8H2,1-2H3,(H3-,23,24,25,31,33,34)/p+1/b28-14-/t15-,20+/m1/s1. The van der Waals surface area contributed by atoms with Gasteiger partial charge in [0.2, 0.25) is 11.8 Å². The summed E-state index contributed by atoms with van der Waals surface area (Å²) in [6, 6.07) is 2.62. The maximum absolute atomic E-state index is 13.0. The molecule has 0 aromatic carbocycles. The number of rotatable bonds is 8. The molecule has 2 aliphatic heterocycles. The van der Waals surface area contributed by atoms with Gasteiger partial charge in [0.25, 0.3) is 11.8 Å². The van der Waals surface area contributed by atoms with E-state index in [2.05, 4.69) is 25.7 Å². The highest BCUT2D eigenvalue weighted by Gasteiger charge is 2.54. The molecule has 196 valence electrons. The third-order valence-electron chi connectivity index (χ3n) is 5.74. The number of nitrogens with zero attached hydrogens (tertiary/aromatic N) is 6. The molecule has 1 saturated heterocycles. The third-order valence-corrected chi connectivity index (χ3v) is 7.75. The Balaban J connectivity index is 1.32. The molecule has 0 aliphatic carbocycles. The molecule has 0 saturated carbocycles. The molecule has 4 N–H and O–H groups in total. The monoisotopic (exact) mass is 557 g/mol. The number of β-lactam (4-membered cyclic amide) rings is 1. The molecular weight excluding hydrogens is 536 g/mol. The number of aromatic nitrogens is 4. The van der Waals surface area contributed by atoms with Gasteiger partial charge < -0.3 is 25.4 Å². The molecule has 0 radical (unpaired) electrons. The number of aryl methyl sites for hydroxylation is 1. The second-order valence-electron chi connectivity index (χ2n) is 8.20. The van der Waals surface area contributed by atoms with E-state index in [1.807, 2.05) is 0 Å². The van der Waals surface area contributed by atoms with Crippen molar-refractivity contribution in [2.75, 3.05) is 18.6 Å². The Morgan fingerprint density at radius 2 is 2.13 bits per heavy atom. The Morgan fingerprint density at radius 3 is 2.74 bits per heavy atom. The molecule has 14 nitrogen and oxygen atoms in total. The second-order valence-corrected chi connectivity index (χ2v) is 10.2. The predicted octanol–water partition coefficient (Wildman–Crippen LogP) is 0.161. The average molecular weight is 558 g/mol. The molecule has 5 heterocycles. The van der Waals surface area contributed by atoms with Crippen LogP contribution in [-0.4, -0.2) is 73.0 Å². The number of hydrogen-bond donors (Lipinski definition) is 3. The van der Waals surface area contributed by atoms with Gasteiger partial charge in [-0.15, -0.1) is 33.3 Å². The molecule has 5 rings (SSSR count). The number of amides is 2. The molecule has 3 aromatic heterocycles. The molecule has 2 amide bonds. The Labute approximate surface area is 223 Å². The van der Waals surface area contributed by atoms with Crippen LogP contribution in [-0.2, 0) is 25.8 Å². The fraction of sp³-hybridized carbons (Fsp3) is 0.273. The van der Waals surface area contributed by atoms with Crippen molar-refractivity contribution in [1.82, 2.24) is 25.4 Å². The Hall–Kier alpha value is -4.31. The first-order chi connectivity index (χ1) is 18.3. The molecule has 2 aliphatic rings. The summed E-state index contributed by atoms with van der Waals surface area (Å²) in [4.78, 5) is 48.1. The first-order valence-electron chi connectivity index (χ1n) is 11.1. The number of carbonyl (C=O) groups is 3. The summed E-state index contributed by atoms with van der Waals surface area (Å²) in [5.74, 6) is -1.26. The van der Waals surface area contributed by atoms with E-state index < -0.39 is 29.2 Å². The van der Waals surface area contributed by atoms with Gasteiger partial charge in [0.05, 0.1) is 5.56 Å². The first-order valence-corrected chi connectivity index (χ1v) is 13.0. The van der Waals surface area contributed by atoms with Crippen LogP contribution in [0.3, 0.4) is 0 Å². The molecule has 1 fully saturated rings. The molecular formula is C22H21N8O6S2+. The van der Waals surface area contributed by atoms with Gasteiger partial charge in [0.1, 0.15) is 29.9 Å². The average Bonchev–Trinajstić information content (AvgIpc) is 3.53. The highest BCUT2D eigenvalue weighted by atomic mass is 32.2. The van der Waals surface area contributed by atoms with E-state index in [4.69, 9.17) is 15.0 Å². The van der Waals surface area contributed by atoms with Gasteiger partial charge in [-0.3, -0.25) is 14.5 Å². The molecule has 0 spiro atoms. The van der Waals surface area contributed by atoms with E-state index in [9.17, 15) is 19.5 Å². The molecule has 0 unspecified atom stereocenters. The van der Waals surface area contributed by atoms with E-state index in [0.29, 0.717) is 23.1 Å². The van der Waals surface area contributed by atoms with Crippen LogP contribution < -0.4 is 15.6 Å². The third kappa shape index (κ3) is 4.70. The number of hydrogen-bond acceptors (Lipinski definition) is 12. The van der Waals surface area contributed by atoms with Crippen molar-refractivity contribution >= 4 is 51.7 Å². The Morgan fingerprint density at radius 1 is 1.37 bits per heavy atom. The lowest BCUT2D eigenvalue weighted by molar-refractivity contribution is -0.689. The number of nitrogen functional groups attached to an aromatic ring is 1. The lowest BCUT2D eigenvalue weighted by atomic mass is 10.0. The number of aliphatic carboxylic acids is 1. The number of thioether (sulfide) groups is 1. The Kier molecular flexibility index (Phi) is 6.81. The van der Waals surface area contributed by atoms with Crippen molar-refractivity contribution in [2.24, 2.45) is 5.16 Å². The number of carboxylic acid groups (broad SMARTS) is 1. The smallest absolute Gasteiger partial charge is 0.352 e. The van der Waals surface area contributed by atoms with Crippen molar-refractivity contribution in [3.8, 4) is 11.5 Å². The van der Waals surface area contributed by atoms with Gasteiger partial charge in [0, 0.05) is 35.8 Å². The summed E-state index contributed by atoms with van der Waals surface area (Å²) < 4.78 is 7.22. The number of oxime groups is 1. The van der Waals surface area contributed by atoms with E-state index in [1.54, 1.807) is 41.4 Å². The van der Waals surface area contributed by atoms with Crippen LogP contribution >= 0.6 is 23.1 Å². The number of nitrogens with one attached hydrogen (secondary N) is 1. The SMILES string of the molecule is CO/N=C(\C(=O)N[C@@H]1C(=O)N2C(C(=O)O)=C(C[n+]3ccc(-c4nnc(C)o4)cc3)CS[C@@H]12)c1csc(N)n1. The number of nitrogens with two attached hydrogens (primary N) is 1. The van der Waals surface area contributed by atoms with Gasteiger partial charge in [0.15, 0.2) is 29.8 Å². The van der Waals surface area contributed by atoms with Crippen LogP contribution in [0, 0.1) is 6.92 Å². The van der Waals surface area contributed by atoms with Gasteiger partial charge >= 0.3 is 5.97 Å². The van der Waals surface area contributed by atoms with Crippen LogP contribution in [0.15, 0.2) is 50.7 Å². The minimum atomic E-state index is -1.22. The van der Waals surface area contributed by atoms with E-state index in [-0.39, 0.29) is 28.8 Å². The summed E-state index contributed by atoms with van der Waals surface area (Å²) in [6.07, 6.45) is 3.53. The molecule has 2 atom stereocenters. The van der Waals surface area contributed by atoms with Gasteiger partial charge in [-0.1, -0.05) is 5.16 Å². The first kappa shape index (κ1) is 25.3. The second kappa shape index (κ2) is 10.2. The van der Waals surface area contributed by atoms with E-state index in [0.717, 1.165) is 16.9 Å². The van der Waals surface area contributed by atoms with Crippen molar-refractivity contribution in [2.45, 2.75) is 24.9 Å². The van der Waals surface area contributed by atoms with Crippen LogP contribution in [0.1, 0.15) is 11.6 Å². The fourth-order valence-electron chi connectivity index (χ4n) is 4.05. The minimum Gasteiger partial charge on any atom is -0.477 e. The highest BCUT2D eigenvalue weighted by molar-refractivity contribution is 8.00. The summed E-state index contributed by atoms with van der Waals surface area (Å²) in [5.41, 5.74) is 6.91. The minimum absolute atomic E-state index is 0.0913. The number of carboxylic acids is 1. The molecule has 16 heteroatoms. The van der Waals surface area contributed by atoms with Crippen LogP contribution in [0.25, 0.3) is 11.5 Å². The highest BCUT2D eigenvalue weighted by Crippen LogP contribution is 2.40. The lowest BCUT2D eigenvalue weighted by Gasteiger charge is -2.49. The van der Waals surface area contributed by atoms with Crippen molar-refractivity contribution < 1.29 is 33.3 Å². The van der Waals surface area contributed by atoms with Gasteiger partial charge in [-0.2, -0.15) is 0 Å². The lowest BCUT2D eigenvalue weighted by Crippen LogP contribution is -2.71. The maximum Gasteiger partial charge on any atom is 0.352 e.